The fourth-order valence-electron chi connectivity index (χ4n) is 4.13. The molecule has 0 aromatic heterocycles. The first kappa shape index (κ1) is 23.1. The molecule has 0 unspecified atom stereocenters. The van der Waals surface area contributed by atoms with Gasteiger partial charge in [-0.25, -0.2) is 13.6 Å². The highest BCUT2D eigenvalue weighted by molar-refractivity contribution is 7.89. The van der Waals surface area contributed by atoms with Gasteiger partial charge in [0.1, 0.15) is 0 Å². The molecule has 0 spiro atoms. The summed E-state index contributed by atoms with van der Waals surface area (Å²) in [4.78, 5) is 40.1. The van der Waals surface area contributed by atoms with E-state index in [0.717, 1.165) is 23.2 Å². The van der Waals surface area contributed by atoms with Crippen molar-refractivity contribution in [2.45, 2.75) is 43.2 Å². The fraction of sp³-hybridized carbons (Fsp3) is 0.348. The molecule has 9 nitrogen and oxygen atoms in total. The highest BCUT2D eigenvalue weighted by Crippen LogP contribution is 2.23. The number of nitrogens with one attached hydrogen (secondary N) is 1. The Morgan fingerprint density at radius 2 is 1.61 bits per heavy atom. The van der Waals surface area contributed by atoms with E-state index < -0.39 is 16.1 Å². The standard InChI is InChI=1S/C23H26N4O5S/c24-33(31,32)19-9-5-16(6-10-19)11-12-25-20-14-22(29)27(23(20)30)15-17-3-7-18(8-4-17)26-13-1-2-21(26)28/h3-10,20,25H,1-2,11-15H2,(H2,24,31,32)/t20-/m0/s1. The number of primary sulfonamides is 1. The van der Waals surface area contributed by atoms with Crippen molar-refractivity contribution in [3.63, 3.8) is 0 Å². The number of hydrogen-bond donors (Lipinski definition) is 2. The lowest BCUT2D eigenvalue weighted by Crippen LogP contribution is -2.39. The molecule has 2 aliphatic heterocycles. The van der Waals surface area contributed by atoms with Crippen LogP contribution in [-0.2, 0) is 37.4 Å². The molecule has 0 saturated carbocycles. The van der Waals surface area contributed by atoms with E-state index in [9.17, 15) is 22.8 Å². The minimum Gasteiger partial charge on any atom is -0.312 e. The van der Waals surface area contributed by atoms with Crippen molar-refractivity contribution >= 4 is 33.4 Å². The van der Waals surface area contributed by atoms with Gasteiger partial charge < -0.3 is 10.2 Å². The van der Waals surface area contributed by atoms with Gasteiger partial charge in [-0.2, -0.15) is 0 Å². The second-order valence-corrected chi connectivity index (χ2v) is 9.84. The average molecular weight is 471 g/mol. The van der Waals surface area contributed by atoms with E-state index in [2.05, 4.69) is 5.32 Å². The second-order valence-electron chi connectivity index (χ2n) is 8.28. The number of imide groups is 1. The van der Waals surface area contributed by atoms with Gasteiger partial charge in [-0.3, -0.25) is 19.3 Å². The maximum absolute atomic E-state index is 12.7. The van der Waals surface area contributed by atoms with E-state index in [0.29, 0.717) is 25.9 Å². The van der Waals surface area contributed by atoms with Gasteiger partial charge in [-0.1, -0.05) is 24.3 Å². The highest BCUT2D eigenvalue weighted by Gasteiger charge is 2.38. The van der Waals surface area contributed by atoms with E-state index in [1.165, 1.54) is 17.0 Å². The lowest BCUT2D eigenvalue weighted by atomic mass is 10.1. The number of hydrogen-bond acceptors (Lipinski definition) is 6. The zero-order valence-electron chi connectivity index (χ0n) is 18.1. The molecule has 2 heterocycles. The Morgan fingerprint density at radius 1 is 0.939 bits per heavy atom. The number of likely N-dealkylation sites (tertiary alicyclic amines) is 1. The SMILES string of the molecule is NS(=O)(=O)c1ccc(CCN[C@H]2CC(=O)N(Cc3ccc(N4CCCC4=O)cc3)C2=O)cc1. The van der Waals surface area contributed by atoms with Crippen molar-refractivity contribution in [3.05, 3.63) is 59.7 Å². The molecule has 1 atom stereocenters. The summed E-state index contributed by atoms with van der Waals surface area (Å²) in [5, 5.41) is 8.22. The summed E-state index contributed by atoms with van der Waals surface area (Å²) >= 11 is 0. The number of nitrogens with two attached hydrogens (primary N) is 1. The molecule has 10 heteroatoms. The predicted molar refractivity (Wildman–Crippen MR) is 122 cm³/mol. The van der Waals surface area contributed by atoms with E-state index in [-0.39, 0.29) is 35.6 Å². The average Bonchev–Trinajstić information content (AvgIpc) is 3.32. The first-order valence-corrected chi connectivity index (χ1v) is 12.4. The number of anilines is 1. The van der Waals surface area contributed by atoms with Crippen LogP contribution in [0.2, 0.25) is 0 Å². The molecule has 33 heavy (non-hydrogen) atoms. The normalized spacial score (nSPS) is 19.1. The molecule has 0 bridgehead atoms. The minimum atomic E-state index is -3.73. The summed E-state index contributed by atoms with van der Waals surface area (Å²) in [5.74, 6) is -0.376. The zero-order chi connectivity index (χ0) is 23.6. The van der Waals surface area contributed by atoms with Crippen molar-refractivity contribution in [1.82, 2.24) is 10.2 Å². The van der Waals surface area contributed by atoms with Gasteiger partial charge in [0.25, 0.3) is 0 Å². The van der Waals surface area contributed by atoms with E-state index in [1.807, 2.05) is 24.3 Å². The smallest absolute Gasteiger partial charge is 0.247 e. The molecule has 2 aromatic carbocycles. The highest BCUT2D eigenvalue weighted by atomic mass is 32.2. The van der Waals surface area contributed by atoms with Gasteiger partial charge >= 0.3 is 0 Å². The number of rotatable bonds is 8. The summed E-state index contributed by atoms with van der Waals surface area (Å²) < 4.78 is 22.7. The molecule has 0 radical (unpaired) electrons. The number of nitrogens with zero attached hydrogens (tertiary/aromatic N) is 2. The second kappa shape index (κ2) is 9.42. The Hall–Kier alpha value is -3.08. The first-order valence-electron chi connectivity index (χ1n) is 10.8. The topological polar surface area (TPSA) is 130 Å². The van der Waals surface area contributed by atoms with Crippen LogP contribution >= 0.6 is 0 Å². The van der Waals surface area contributed by atoms with Crippen molar-refractivity contribution in [3.8, 4) is 0 Å². The number of carbonyl (C=O) groups excluding carboxylic acids is 3. The Morgan fingerprint density at radius 3 is 2.21 bits per heavy atom. The van der Waals surface area contributed by atoms with Gasteiger partial charge in [-0.15, -0.1) is 0 Å². The van der Waals surface area contributed by atoms with Gasteiger partial charge in [0.05, 0.1) is 23.9 Å². The van der Waals surface area contributed by atoms with Gasteiger partial charge in [0.15, 0.2) is 0 Å². The largest absolute Gasteiger partial charge is 0.312 e. The summed E-state index contributed by atoms with van der Waals surface area (Å²) in [6.45, 7) is 1.37. The predicted octanol–water partition coefficient (Wildman–Crippen LogP) is 0.921. The molecule has 2 aromatic rings. The number of carbonyl (C=O) groups is 3. The van der Waals surface area contributed by atoms with Crippen molar-refractivity contribution in [1.29, 1.82) is 0 Å². The van der Waals surface area contributed by atoms with Crippen LogP contribution in [0.5, 0.6) is 0 Å². The van der Waals surface area contributed by atoms with Crippen LogP contribution in [0.1, 0.15) is 30.4 Å². The van der Waals surface area contributed by atoms with Gasteiger partial charge in [0.2, 0.25) is 27.7 Å². The third kappa shape index (κ3) is 5.29. The molecule has 2 fully saturated rings. The number of amides is 3. The summed E-state index contributed by atoms with van der Waals surface area (Å²) in [5.41, 5.74) is 2.54. The zero-order valence-corrected chi connectivity index (χ0v) is 18.9. The third-order valence-corrected chi connectivity index (χ3v) is 6.89. The molecule has 174 valence electrons. The van der Waals surface area contributed by atoms with Crippen LogP contribution in [-0.4, -0.2) is 50.2 Å². The van der Waals surface area contributed by atoms with E-state index >= 15 is 0 Å². The molecule has 2 aliphatic rings. The Balaban J connectivity index is 1.30. The lowest BCUT2D eigenvalue weighted by Gasteiger charge is -2.18. The van der Waals surface area contributed by atoms with Crippen LogP contribution in [0.15, 0.2) is 53.4 Å². The fourth-order valence-corrected chi connectivity index (χ4v) is 4.65. The first-order chi connectivity index (χ1) is 15.7. The monoisotopic (exact) mass is 470 g/mol. The summed E-state index contributed by atoms with van der Waals surface area (Å²) in [6.07, 6.45) is 2.09. The number of sulfonamides is 1. The van der Waals surface area contributed by atoms with E-state index in [1.54, 1.807) is 17.0 Å². The Kier molecular flexibility index (Phi) is 6.59. The maximum atomic E-state index is 12.7. The number of benzene rings is 2. The van der Waals surface area contributed by atoms with Crippen molar-refractivity contribution in [2.75, 3.05) is 18.0 Å². The van der Waals surface area contributed by atoms with Crippen LogP contribution in [0.4, 0.5) is 5.69 Å². The van der Waals surface area contributed by atoms with Crippen LogP contribution in [0.25, 0.3) is 0 Å². The molecule has 4 rings (SSSR count). The lowest BCUT2D eigenvalue weighted by molar-refractivity contribution is -0.139. The third-order valence-electron chi connectivity index (χ3n) is 5.96. The van der Waals surface area contributed by atoms with Crippen LogP contribution < -0.4 is 15.4 Å². The molecule has 3 N–H and O–H groups in total. The molecule has 2 saturated heterocycles. The van der Waals surface area contributed by atoms with Crippen LogP contribution in [0, 0.1) is 0 Å². The molecule has 3 amide bonds. The molecule has 0 aliphatic carbocycles. The molecular formula is C23H26N4O5S. The Labute approximate surface area is 192 Å². The van der Waals surface area contributed by atoms with Crippen molar-refractivity contribution in [2.24, 2.45) is 5.14 Å². The van der Waals surface area contributed by atoms with E-state index in [4.69, 9.17) is 5.14 Å². The van der Waals surface area contributed by atoms with Gasteiger partial charge in [0, 0.05) is 18.7 Å². The molecular weight excluding hydrogens is 444 g/mol. The minimum absolute atomic E-state index is 0.0477. The van der Waals surface area contributed by atoms with Crippen LogP contribution in [0.3, 0.4) is 0 Å². The summed E-state index contributed by atoms with van der Waals surface area (Å²) in [7, 11) is -3.73. The van der Waals surface area contributed by atoms with Gasteiger partial charge in [-0.05, 0) is 54.8 Å². The Bertz CT molecular complexity index is 1160. The van der Waals surface area contributed by atoms with Crippen molar-refractivity contribution < 1.29 is 22.8 Å². The maximum Gasteiger partial charge on any atom is 0.247 e. The quantitative estimate of drug-likeness (QED) is 0.552. The summed E-state index contributed by atoms with van der Waals surface area (Å²) in [6, 6.07) is 13.0.